The van der Waals surface area contributed by atoms with Gasteiger partial charge in [0.1, 0.15) is 30.3 Å². The van der Waals surface area contributed by atoms with Crippen LogP contribution in [0.25, 0.3) is 10.9 Å². The average molecular weight is 696 g/mol. The van der Waals surface area contributed by atoms with E-state index in [4.69, 9.17) is 9.47 Å². The molecule has 3 aromatic carbocycles. The minimum absolute atomic E-state index is 0.143. The van der Waals surface area contributed by atoms with Gasteiger partial charge in [0.05, 0.1) is 18.0 Å². The molecule has 2 saturated heterocycles. The number of hydrogen-bond donors (Lipinski definition) is 4. The van der Waals surface area contributed by atoms with Crippen molar-refractivity contribution in [2.75, 3.05) is 32.9 Å². The fourth-order valence-electron chi connectivity index (χ4n) is 7.60. The SMILES string of the molecule is O=C1C[C@@H](C(=O)NCC2(c3cccc(F)c3)CCOCC2)NC(=O)c2ccccc2OC[C@H]2CCCN2C(=O)[C@H](Cc2c[nH]c3ccccc23)N1. The highest BCUT2D eigenvalue weighted by atomic mass is 19.1. The Morgan fingerprint density at radius 3 is 2.63 bits per heavy atom. The Morgan fingerprint density at radius 2 is 1.78 bits per heavy atom. The lowest BCUT2D eigenvalue weighted by molar-refractivity contribution is -0.138. The molecule has 0 bridgehead atoms. The summed E-state index contributed by atoms with van der Waals surface area (Å²) in [6, 6.07) is 18.3. The van der Waals surface area contributed by atoms with Crippen LogP contribution in [0.5, 0.6) is 5.75 Å². The number of fused-ring (bicyclic) bond motifs is 3. The molecular weight excluding hydrogens is 653 g/mol. The van der Waals surface area contributed by atoms with Crippen LogP contribution in [0, 0.1) is 5.82 Å². The van der Waals surface area contributed by atoms with E-state index < -0.39 is 41.6 Å². The van der Waals surface area contributed by atoms with Gasteiger partial charge in [-0.1, -0.05) is 42.5 Å². The monoisotopic (exact) mass is 695 g/mol. The lowest BCUT2D eigenvalue weighted by atomic mass is 9.74. The summed E-state index contributed by atoms with van der Waals surface area (Å²) in [5.74, 6) is -2.00. The number of ether oxygens (including phenoxy) is 2. The summed E-state index contributed by atoms with van der Waals surface area (Å²) in [4.78, 5) is 60.9. The van der Waals surface area contributed by atoms with Crippen molar-refractivity contribution in [3.63, 3.8) is 0 Å². The first kappa shape index (κ1) is 34.2. The fraction of sp³-hybridized carbons (Fsp3) is 0.385. The molecule has 0 saturated carbocycles. The van der Waals surface area contributed by atoms with Gasteiger partial charge in [0.2, 0.25) is 17.7 Å². The van der Waals surface area contributed by atoms with Crippen molar-refractivity contribution in [1.82, 2.24) is 25.8 Å². The van der Waals surface area contributed by atoms with Crippen LogP contribution in [-0.4, -0.2) is 84.5 Å². The predicted octanol–water partition coefficient (Wildman–Crippen LogP) is 3.77. The quantitative estimate of drug-likeness (QED) is 0.242. The molecule has 3 aliphatic heterocycles. The number of benzene rings is 3. The molecule has 0 unspecified atom stereocenters. The molecule has 4 N–H and O–H groups in total. The Labute approximate surface area is 295 Å². The maximum Gasteiger partial charge on any atom is 0.255 e. The van der Waals surface area contributed by atoms with Crippen LogP contribution in [0.2, 0.25) is 0 Å². The number of rotatable bonds is 6. The molecule has 4 heterocycles. The predicted molar refractivity (Wildman–Crippen MR) is 188 cm³/mol. The lowest BCUT2D eigenvalue weighted by Crippen LogP contribution is -2.55. The van der Waals surface area contributed by atoms with Gasteiger partial charge in [0.25, 0.3) is 5.91 Å². The summed E-state index contributed by atoms with van der Waals surface area (Å²) < 4.78 is 26.1. The minimum atomic E-state index is -1.29. The second-order valence-corrected chi connectivity index (χ2v) is 13.7. The molecule has 0 aliphatic carbocycles. The molecule has 11 nitrogen and oxygen atoms in total. The van der Waals surface area contributed by atoms with E-state index in [0.717, 1.165) is 34.9 Å². The van der Waals surface area contributed by atoms with E-state index in [1.807, 2.05) is 36.5 Å². The average Bonchev–Trinajstić information content (AvgIpc) is 3.79. The molecule has 0 radical (unpaired) electrons. The van der Waals surface area contributed by atoms with Crippen LogP contribution < -0.4 is 20.7 Å². The summed E-state index contributed by atoms with van der Waals surface area (Å²) >= 11 is 0. The third-order valence-corrected chi connectivity index (χ3v) is 10.5. The van der Waals surface area contributed by atoms with Gasteiger partial charge in [-0.05, 0) is 67.1 Å². The van der Waals surface area contributed by atoms with Gasteiger partial charge in [-0.25, -0.2) is 4.39 Å². The maximum atomic E-state index is 14.3. The molecule has 0 spiro atoms. The Morgan fingerprint density at radius 1 is 0.980 bits per heavy atom. The molecule has 12 heteroatoms. The van der Waals surface area contributed by atoms with Crippen molar-refractivity contribution in [2.24, 2.45) is 0 Å². The Bertz CT molecular complexity index is 1920. The number of amides is 4. The number of carbonyl (C=O) groups is 4. The van der Waals surface area contributed by atoms with Gasteiger partial charge in [0.15, 0.2) is 0 Å². The highest BCUT2D eigenvalue weighted by Gasteiger charge is 2.38. The normalized spacial score (nSPS) is 22.6. The molecule has 4 amide bonds. The lowest BCUT2D eigenvalue weighted by Gasteiger charge is -2.38. The van der Waals surface area contributed by atoms with Crippen LogP contribution in [0.3, 0.4) is 0 Å². The number of halogens is 1. The van der Waals surface area contributed by atoms with E-state index in [2.05, 4.69) is 20.9 Å². The van der Waals surface area contributed by atoms with Crippen LogP contribution in [0.15, 0.2) is 79.0 Å². The molecular formula is C39H42FN5O6. The van der Waals surface area contributed by atoms with E-state index in [-0.39, 0.29) is 42.9 Å². The van der Waals surface area contributed by atoms with Gasteiger partial charge >= 0.3 is 0 Å². The molecule has 4 aromatic rings. The summed E-state index contributed by atoms with van der Waals surface area (Å²) in [7, 11) is 0. The second kappa shape index (κ2) is 14.9. The number of carbonyl (C=O) groups excluding carboxylic acids is 4. The van der Waals surface area contributed by atoms with Crippen molar-refractivity contribution in [3.05, 3.63) is 102 Å². The number of nitrogens with one attached hydrogen (secondary N) is 4. The van der Waals surface area contributed by atoms with Gasteiger partial charge in [0, 0.05) is 55.2 Å². The second-order valence-electron chi connectivity index (χ2n) is 13.7. The molecule has 1 aromatic heterocycles. The van der Waals surface area contributed by atoms with E-state index in [0.29, 0.717) is 38.3 Å². The zero-order valence-electron chi connectivity index (χ0n) is 28.3. The first-order chi connectivity index (χ1) is 24.8. The Hall–Kier alpha value is -5.23. The van der Waals surface area contributed by atoms with Crippen molar-refractivity contribution >= 4 is 34.5 Å². The highest BCUT2D eigenvalue weighted by molar-refractivity contribution is 6.01. The smallest absolute Gasteiger partial charge is 0.255 e. The van der Waals surface area contributed by atoms with Crippen LogP contribution in [-0.2, 0) is 31.0 Å². The summed E-state index contributed by atoms with van der Waals surface area (Å²) in [5, 5.41) is 9.61. The summed E-state index contributed by atoms with van der Waals surface area (Å²) in [6.45, 7) is 1.70. The topological polar surface area (TPSA) is 142 Å². The van der Waals surface area contributed by atoms with E-state index >= 15 is 0 Å². The summed E-state index contributed by atoms with van der Waals surface area (Å²) in [5.41, 5.74) is 2.13. The molecule has 3 aliphatic rings. The van der Waals surface area contributed by atoms with E-state index in [1.54, 1.807) is 35.2 Å². The van der Waals surface area contributed by atoms with Crippen LogP contribution in [0.4, 0.5) is 4.39 Å². The molecule has 266 valence electrons. The van der Waals surface area contributed by atoms with Crippen LogP contribution in [0.1, 0.15) is 53.6 Å². The maximum absolute atomic E-state index is 14.3. The zero-order valence-corrected chi connectivity index (χ0v) is 28.3. The molecule has 2 fully saturated rings. The van der Waals surface area contributed by atoms with E-state index in [9.17, 15) is 23.6 Å². The van der Waals surface area contributed by atoms with Gasteiger partial charge < -0.3 is 35.3 Å². The van der Waals surface area contributed by atoms with Crippen LogP contribution >= 0.6 is 0 Å². The van der Waals surface area contributed by atoms with Gasteiger partial charge in [-0.2, -0.15) is 0 Å². The number of H-pyrrole nitrogens is 1. The van der Waals surface area contributed by atoms with Crippen molar-refractivity contribution in [1.29, 1.82) is 0 Å². The molecule has 51 heavy (non-hydrogen) atoms. The van der Waals surface area contributed by atoms with E-state index in [1.165, 1.54) is 12.1 Å². The molecule has 3 atom stereocenters. The fourth-order valence-corrected chi connectivity index (χ4v) is 7.60. The van der Waals surface area contributed by atoms with Crippen molar-refractivity contribution in [3.8, 4) is 5.75 Å². The number of nitrogens with zero attached hydrogens (tertiary/aromatic N) is 1. The number of aromatic amines is 1. The third-order valence-electron chi connectivity index (χ3n) is 10.5. The van der Waals surface area contributed by atoms with Gasteiger partial charge in [-0.15, -0.1) is 0 Å². The Balaban J connectivity index is 1.18. The first-order valence-electron chi connectivity index (χ1n) is 17.6. The molecule has 7 rings (SSSR count). The third kappa shape index (κ3) is 7.46. The van der Waals surface area contributed by atoms with Crippen molar-refractivity contribution in [2.45, 2.75) is 62.1 Å². The standard InChI is InChI=1S/C39H42FN5O6/c40-27-8-5-7-26(20-27)39(14-17-50-18-15-39)24-42-37(48)32-21-35(46)43-33(19-25-22-41-31-12-3-1-10-29(25)31)38(49)45-16-6-9-28(45)23-51-34-13-4-2-11-30(34)36(47)44-32/h1-5,7-8,10-13,20,22,28,32-33,41H,6,9,14-19,21,23-24H2,(H,42,48)(H,43,46)(H,44,47)/t28-,32+,33+/m1/s1. The largest absolute Gasteiger partial charge is 0.491 e. The van der Waals surface area contributed by atoms with Crippen molar-refractivity contribution < 1.29 is 33.0 Å². The first-order valence-corrected chi connectivity index (χ1v) is 17.6. The Kier molecular flexibility index (Phi) is 10.0. The number of para-hydroxylation sites is 2. The summed E-state index contributed by atoms with van der Waals surface area (Å²) in [6.07, 6.45) is 4.25. The minimum Gasteiger partial charge on any atom is -0.491 e. The number of aromatic nitrogens is 1. The zero-order chi connectivity index (χ0) is 35.4. The highest BCUT2D eigenvalue weighted by Crippen LogP contribution is 2.35. The van der Waals surface area contributed by atoms with Gasteiger partial charge in [-0.3, -0.25) is 19.2 Å². The number of hydrogen-bond acceptors (Lipinski definition) is 6.